The van der Waals surface area contributed by atoms with Gasteiger partial charge in [0.25, 0.3) is 0 Å². The average molecular weight is 255 g/mol. The lowest BCUT2D eigenvalue weighted by Gasteiger charge is -2.06. The molecule has 0 spiro atoms. The molecule has 1 saturated carbocycles. The van der Waals surface area contributed by atoms with E-state index in [2.05, 4.69) is 40.7 Å². The van der Waals surface area contributed by atoms with Crippen molar-refractivity contribution < 1.29 is 0 Å². The van der Waals surface area contributed by atoms with Crippen molar-refractivity contribution in [2.45, 2.75) is 31.7 Å². The highest BCUT2D eigenvalue weighted by atomic mass is 15.2. The van der Waals surface area contributed by atoms with Crippen molar-refractivity contribution in [3.8, 4) is 0 Å². The van der Waals surface area contributed by atoms with Crippen molar-refractivity contribution in [3.05, 3.63) is 53.3 Å². The van der Waals surface area contributed by atoms with Crippen LogP contribution in [0.25, 0.3) is 0 Å². The quantitative estimate of drug-likeness (QED) is 0.804. The van der Waals surface area contributed by atoms with Crippen molar-refractivity contribution in [2.24, 2.45) is 7.05 Å². The molecule has 1 fully saturated rings. The van der Waals surface area contributed by atoms with Crippen molar-refractivity contribution in [1.82, 2.24) is 15.1 Å². The first-order chi connectivity index (χ1) is 9.31. The van der Waals surface area contributed by atoms with Crippen LogP contribution in [0.1, 0.15) is 35.6 Å². The number of nitrogens with zero attached hydrogens (tertiary/aromatic N) is 2. The van der Waals surface area contributed by atoms with Gasteiger partial charge in [0, 0.05) is 32.8 Å². The van der Waals surface area contributed by atoms with E-state index in [1.807, 2.05) is 17.9 Å². The zero-order chi connectivity index (χ0) is 13.1. The molecular formula is C16H21N3. The van der Waals surface area contributed by atoms with Gasteiger partial charge in [-0.3, -0.25) is 4.68 Å². The summed E-state index contributed by atoms with van der Waals surface area (Å²) < 4.78 is 1.86. The summed E-state index contributed by atoms with van der Waals surface area (Å²) >= 11 is 0. The summed E-state index contributed by atoms with van der Waals surface area (Å²) in [5, 5.41) is 7.87. The molecule has 0 unspecified atom stereocenters. The van der Waals surface area contributed by atoms with E-state index in [0.29, 0.717) is 0 Å². The lowest BCUT2D eigenvalue weighted by molar-refractivity contribution is 0.665. The smallest absolute Gasteiger partial charge is 0.0637 e. The fraction of sp³-hybridized carbons (Fsp3) is 0.438. The standard InChI is InChI=1S/C16H21N3/c1-19-10-8-16(18-19)7-9-17-12-13-3-2-4-15(11-13)14-5-6-14/h2-4,8,10-11,14,17H,5-7,9,12H2,1H3. The summed E-state index contributed by atoms with van der Waals surface area (Å²) in [6, 6.07) is 11.1. The summed E-state index contributed by atoms with van der Waals surface area (Å²) in [6.45, 7) is 1.93. The minimum Gasteiger partial charge on any atom is -0.312 e. The monoisotopic (exact) mass is 255 g/mol. The van der Waals surface area contributed by atoms with Crippen LogP contribution in [-0.2, 0) is 20.0 Å². The van der Waals surface area contributed by atoms with Gasteiger partial charge in [-0.2, -0.15) is 5.10 Å². The summed E-state index contributed by atoms with van der Waals surface area (Å²) in [5.41, 5.74) is 4.07. The summed E-state index contributed by atoms with van der Waals surface area (Å²) in [4.78, 5) is 0. The summed E-state index contributed by atoms with van der Waals surface area (Å²) in [5.74, 6) is 0.841. The van der Waals surface area contributed by atoms with Crippen LogP contribution in [0.15, 0.2) is 36.5 Å². The molecule has 3 rings (SSSR count). The molecule has 2 aromatic rings. The molecule has 0 amide bonds. The molecule has 3 heteroatoms. The topological polar surface area (TPSA) is 29.9 Å². The molecule has 0 atom stereocenters. The first-order valence-corrected chi connectivity index (χ1v) is 7.09. The number of aromatic nitrogens is 2. The normalized spacial score (nSPS) is 14.8. The number of benzene rings is 1. The third kappa shape index (κ3) is 3.44. The van der Waals surface area contributed by atoms with Crippen molar-refractivity contribution in [2.75, 3.05) is 6.54 Å². The maximum atomic E-state index is 4.38. The van der Waals surface area contributed by atoms with Crippen LogP contribution < -0.4 is 5.32 Å². The van der Waals surface area contributed by atoms with E-state index in [-0.39, 0.29) is 0 Å². The lowest BCUT2D eigenvalue weighted by atomic mass is 10.1. The molecule has 3 nitrogen and oxygen atoms in total. The minimum absolute atomic E-state index is 0.841. The zero-order valence-electron chi connectivity index (χ0n) is 11.5. The summed E-state index contributed by atoms with van der Waals surface area (Å²) in [7, 11) is 1.96. The fourth-order valence-electron chi connectivity index (χ4n) is 2.42. The predicted octanol–water partition coefficient (Wildman–Crippen LogP) is 2.63. The van der Waals surface area contributed by atoms with E-state index in [4.69, 9.17) is 0 Å². The number of aryl methyl sites for hydroxylation is 1. The van der Waals surface area contributed by atoms with Crippen LogP contribution in [0.3, 0.4) is 0 Å². The molecule has 0 aliphatic heterocycles. The highest BCUT2D eigenvalue weighted by Crippen LogP contribution is 2.40. The molecule has 0 bridgehead atoms. The van der Waals surface area contributed by atoms with E-state index >= 15 is 0 Å². The number of hydrogen-bond acceptors (Lipinski definition) is 2. The first kappa shape index (κ1) is 12.4. The number of rotatable bonds is 6. The van der Waals surface area contributed by atoms with Gasteiger partial charge in [-0.1, -0.05) is 24.3 Å². The van der Waals surface area contributed by atoms with Crippen LogP contribution in [0.4, 0.5) is 0 Å². The average Bonchev–Trinajstić information content (AvgIpc) is 3.19. The molecule has 1 heterocycles. The van der Waals surface area contributed by atoms with Gasteiger partial charge in [-0.05, 0) is 36.0 Å². The largest absolute Gasteiger partial charge is 0.312 e. The minimum atomic E-state index is 0.841. The van der Waals surface area contributed by atoms with Gasteiger partial charge < -0.3 is 5.32 Å². The van der Waals surface area contributed by atoms with Crippen LogP contribution >= 0.6 is 0 Å². The fourth-order valence-corrected chi connectivity index (χ4v) is 2.42. The Balaban J connectivity index is 1.45. The Hall–Kier alpha value is -1.61. The molecule has 19 heavy (non-hydrogen) atoms. The maximum absolute atomic E-state index is 4.38. The summed E-state index contributed by atoms with van der Waals surface area (Å²) in [6.07, 6.45) is 5.73. The highest BCUT2D eigenvalue weighted by Gasteiger charge is 2.23. The van der Waals surface area contributed by atoms with Crippen molar-refractivity contribution in [3.63, 3.8) is 0 Å². The predicted molar refractivity (Wildman–Crippen MR) is 77.0 cm³/mol. The molecule has 1 aromatic carbocycles. The molecule has 0 radical (unpaired) electrons. The third-order valence-electron chi connectivity index (χ3n) is 3.66. The molecular weight excluding hydrogens is 234 g/mol. The van der Waals surface area contributed by atoms with Gasteiger partial charge in [0.15, 0.2) is 0 Å². The van der Waals surface area contributed by atoms with Crippen LogP contribution in [0, 0.1) is 0 Å². The highest BCUT2D eigenvalue weighted by molar-refractivity contribution is 5.29. The van der Waals surface area contributed by atoms with E-state index in [1.54, 1.807) is 0 Å². The first-order valence-electron chi connectivity index (χ1n) is 7.09. The van der Waals surface area contributed by atoms with E-state index in [0.717, 1.165) is 31.1 Å². The molecule has 1 aliphatic carbocycles. The van der Waals surface area contributed by atoms with Gasteiger partial charge in [0.2, 0.25) is 0 Å². The number of nitrogens with one attached hydrogen (secondary N) is 1. The Morgan fingerprint density at radius 1 is 1.32 bits per heavy atom. The van der Waals surface area contributed by atoms with Crippen molar-refractivity contribution in [1.29, 1.82) is 0 Å². The van der Waals surface area contributed by atoms with E-state index in [1.165, 1.54) is 24.0 Å². The number of hydrogen-bond donors (Lipinski definition) is 1. The molecule has 0 saturated heterocycles. The Morgan fingerprint density at radius 3 is 2.95 bits per heavy atom. The maximum Gasteiger partial charge on any atom is 0.0637 e. The lowest BCUT2D eigenvalue weighted by Crippen LogP contribution is -2.17. The zero-order valence-corrected chi connectivity index (χ0v) is 11.5. The Labute approximate surface area is 114 Å². The van der Waals surface area contributed by atoms with Crippen LogP contribution in [0.2, 0.25) is 0 Å². The van der Waals surface area contributed by atoms with Gasteiger partial charge in [-0.15, -0.1) is 0 Å². The van der Waals surface area contributed by atoms with Crippen molar-refractivity contribution >= 4 is 0 Å². The van der Waals surface area contributed by atoms with Gasteiger partial charge >= 0.3 is 0 Å². The second kappa shape index (κ2) is 5.57. The van der Waals surface area contributed by atoms with E-state index in [9.17, 15) is 0 Å². The molecule has 1 N–H and O–H groups in total. The van der Waals surface area contributed by atoms with Gasteiger partial charge in [-0.25, -0.2) is 0 Å². The molecule has 1 aromatic heterocycles. The van der Waals surface area contributed by atoms with Gasteiger partial charge in [0.05, 0.1) is 5.69 Å². The second-order valence-corrected chi connectivity index (χ2v) is 5.43. The third-order valence-corrected chi connectivity index (χ3v) is 3.66. The Morgan fingerprint density at radius 2 is 2.21 bits per heavy atom. The molecule has 1 aliphatic rings. The van der Waals surface area contributed by atoms with Gasteiger partial charge in [0.1, 0.15) is 0 Å². The Kier molecular flexibility index (Phi) is 3.65. The Bertz CT molecular complexity index is 540. The van der Waals surface area contributed by atoms with Crippen LogP contribution in [0.5, 0.6) is 0 Å². The second-order valence-electron chi connectivity index (χ2n) is 5.43. The van der Waals surface area contributed by atoms with Crippen LogP contribution in [-0.4, -0.2) is 16.3 Å². The molecule has 100 valence electrons. The van der Waals surface area contributed by atoms with E-state index < -0.39 is 0 Å². The SMILES string of the molecule is Cn1ccc(CCNCc2cccc(C3CC3)c2)n1.